The van der Waals surface area contributed by atoms with Crippen LogP contribution in [0.15, 0.2) is 47.4 Å². The zero-order valence-electron chi connectivity index (χ0n) is 11.6. The van der Waals surface area contributed by atoms with Gasteiger partial charge < -0.3 is 10.6 Å². The molecule has 0 spiro atoms. The number of hydrogen-bond acceptors (Lipinski definition) is 2. The molecule has 2 aromatic carbocycles. The van der Waals surface area contributed by atoms with Crippen LogP contribution in [0.3, 0.4) is 0 Å². The second-order valence-corrected chi connectivity index (χ2v) is 6.09. The zero-order chi connectivity index (χ0) is 15.5. The number of carbonyl (C=O) groups is 1. The molecule has 0 bridgehead atoms. The standard InChI is InChI=1S/C16H14F2N2OS/c17-10-5-6-14(12(18)9-10)20-16(21)19-13-7-8-22-15-4-2-1-3-11(13)15/h1-6,9,13H,7-8H2,(H2,19,20,21)/t13-/m0/s1. The minimum absolute atomic E-state index is 0.0441. The Hall–Kier alpha value is -2.08. The number of fused-ring (bicyclic) bond motifs is 1. The molecule has 2 amide bonds. The smallest absolute Gasteiger partial charge is 0.319 e. The Kier molecular flexibility index (Phi) is 4.29. The summed E-state index contributed by atoms with van der Waals surface area (Å²) < 4.78 is 26.4. The van der Waals surface area contributed by atoms with E-state index in [0.29, 0.717) is 0 Å². The van der Waals surface area contributed by atoms with E-state index in [9.17, 15) is 13.6 Å². The maximum absolute atomic E-state index is 13.5. The summed E-state index contributed by atoms with van der Waals surface area (Å²) in [5.74, 6) is -0.566. The highest BCUT2D eigenvalue weighted by Gasteiger charge is 2.22. The van der Waals surface area contributed by atoms with Crippen LogP contribution in [0, 0.1) is 11.6 Å². The van der Waals surface area contributed by atoms with Crippen LogP contribution >= 0.6 is 11.8 Å². The topological polar surface area (TPSA) is 41.1 Å². The molecule has 1 aliphatic rings. The van der Waals surface area contributed by atoms with Crippen molar-refractivity contribution < 1.29 is 13.6 Å². The van der Waals surface area contributed by atoms with E-state index in [4.69, 9.17) is 0 Å². The monoisotopic (exact) mass is 320 g/mol. The summed E-state index contributed by atoms with van der Waals surface area (Å²) in [4.78, 5) is 13.2. The lowest BCUT2D eigenvalue weighted by molar-refractivity contribution is 0.248. The molecular weight excluding hydrogens is 306 g/mol. The number of carbonyl (C=O) groups excluding carboxylic acids is 1. The van der Waals surface area contributed by atoms with Crippen LogP contribution in [0.2, 0.25) is 0 Å². The molecule has 22 heavy (non-hydrogen) atoms. The van der Waals surface area contributed by atoms with Crippen molar-refractivity contribution >= 4 is 23.5 Å². The molecule has 2 N–H and O–H groups in total. The van der Waals surface area contributed by atoms with Crippen molar-refractivity contribution in [3.63, 3.8) is 0 Å². The van der Waals surface area contributed by atoms with Crippen LogP contribution in [0.25, 0.3) is 0 Å². The number of halogens is 2. The molecule has 6 heteroatoms. The Morgan fingerprint density at radius 2 is 2.00 bits per heavy atom. The van der Waals surface area contributed by atoms with Crippen molar-refractivity contribution in [1.29, 1.82) is 0 Å². The summed E-state index contributed by atoms with van der Waals surface area (Å²) in [6.07, 6.45) is 0.807. The highest BCUT2D eigenvalue weighted by atomic mass is 32.2. The molecule has 114 valence electrons. The van der Waals surface area contributed by atoms with Crippen molar-refractivity contribution in [1.82, 2.24) is 5.32 Å². The minimum atomic E-state index is -0.797. The van der Waals surface area contributed by atoms with E-state index in [1.54, 1.807) is 11.8 Å². The summed E-state index contributed by atoms with van der Waals surface area (Å²) in [7, 11) is 0. The molecule has 3 rings (SSSR count). The van der Waals surface area contributed by atoms with Gasteiger partial charge in [0.2, 0.25) is 0 Å². The maximum Gasteiger partial charge on any atom is 0.319 e. The van der Waals surface area contributed by atoms with Crippen LogP contribution in [0.4, 0.5) is 19.3 Å². The fourth-order valence-corrected chi connectivity index (χ4v) is 3.52. The fraction of sp³-hybridized carbons (Fsp3) is 0.188. The Bertz CT molecular complexity index is 708. The second-order valence-electron chi connectivity index (χ2n) is 4.95. The second kappa shape index (κ2) is 6.36. The highest BCUT2D eigenvalue weighted by molar-refractivity contribution is 7.99. The van der Waals surface area contributed by atoms with E-state index in [1.165, 1.54) is 6.07 Å². The van der Waals surface area contributed by atoms with Crippen LogP contribution < -0.4 is 10.6 Å². The minimum Gasteiger partial charge on any atom is -0.331 e. The van der Waals surface area contributed by atoms with Crippen molar-refractivity contribution in [2.75, 3.05) is 11.1 Å². The van der Waals surface area contributed by atoms with Crippen LogP contribution in [-0.4, -0.2) is 11.8 Å². The third-order valence-electron chi connectivity index (χ3n) is 3.44. The van der Waals surface area contributed by atoms with Crippen molar-refractivity contribution in [2.45, 2.75) is 17.4 Å². The predicted octanol–water partition coefficient (Wildman–Crippen LogP) is 4.32. The first-order valence-electron chi connectivity index (χ1n) is 6.88. The van der Waals surface area contributed by atoms with Gasteiger partial charge in [-0.1, -0.05) is 18.2 Å². The van der Waals surface area contributed by atoms with E-state index >= 15 is 0 Å². The lowest BCUT2D eigenvalue weighted by Crippen LogP contribution is -2.34. The Morgan fingerprint density at radius 1 is 1.18 bits per heavy atom. The number of urea groups is 1. The number of nitrogens with one attached hydrogen (secondary N) is 2. The van der Waals surface area contributed by atoms with Crippen molar-refractivity contribution in [3.05, 3.63) is 59.7 Å². The molecule has 0 fully saturated rings. The quantitative estimate of drug-likeness (QED) is 0.865. The molecule has 0 saturated heterocycles. The third kappa shape index (κ3) is 3.22. The predicted molar refractivity (Wildman–Crippen MR) is 83.0 cm³/mol. The molecular formula is C16H14F2N2OS. The van der Waals surface area contributed by atoms with Crippen LogP contribution in [0.1, 0.15) is 18.0 Å². The summed E-state index contributed by atoms with van der Waals surface area (Å²) in [5.41, 5.74) is 1.02. The molecule has 1 aliphatic heterocycles. The molecule has 0 radical (unpaired) electrons. The zero-order valence-corrected chi connectivity index (χ0v) is 12.4. The molecule has 0 aliphatic carbocycles. The molecule has 0 unspecified atom stereocenters. The maximum atomic E-state index is 13.5. The summed E-state index contributed by atoms with van der Waals surface area (Å²) in [6.45, 7) is 0. The lowest BCUT2D eigenvalue weighted by Gasteiger charge is -2.26. The van der Waals surface area contributed by atoms with Gasteiger partial charge in [0.25, 0.3) is 0 Å². The number of benzene rings is 2. The van der Waals surface area contributed by atoms with Gasteiger partial charge in [0, 0.05) is 16.7 Å². The molecule has 1 heterocycles. The van der Waals surface area contributed by atoms with E-state index < -0.39 is 17.7 Å². The average molecular weight is 320 g/mol. The van der Waals surface area contributed by atoms with Gasteiger partial charge >= 0.3 is 6.03 Å². The number of hydrogen-bond donors (Lipinski definition) is 2. The SMILES string of the molecule is O=C(Nc1ccc(F)cc1F)N[C@H]1CCSc2ccccc21. The molecule has 0 saturated carbocycles. The fourth-order valence-electron chi connectivity index (χ4n) is 2.40. The first kappa shape index (κ1) is 14.8. The molecule has 0 aromatic heterocycles. The van der Waals surface area contributed by atoms with Gasteiger partial charge in [-0.2, -0.15) is 0 Å². The normalized spacial score (nSPS) is 16.7. The van der Waals surface area contributed by atoms with Gasteiger partial charge in [-0.3, -0.25) is 0 Å². The molecule has 3 nitrogen and oxygen atoms in total. The van der Waals surface area contributed by atoms with Gasteiger partial charge in [-0.25, -0.2) is 13.6 Å². The Labute approximate surface area is 131 Å². The van der Waals surface area contributed by atoms with E-state index in [0.717, 1.165) is 34.8 Å². The van der Waals surface area contributed by atoms with Gasteiger partial charge in [-0.15, -0.1) is 11.8 Å². The number of anilines is 1. The highest BCUT2D eigenvalue weighted by Crippen LogP contribution is 2.35. The summed E-state index contributed by atoms with van der Waals surface area (Å²) in [6, 6.07) is 10.3. The first-order chi connectivity index (χ1) is 10.6. The number of amides is 2. The van der Waals surface area contributed by atoms with Gasteiger partial charge in [0.05, 0.1) is 11.7 Å². The Morgan fingerprint density at radius 3 is 2.82 bits per heavy atom. The summed E-state index contributed by atoms with van der Waals surface area (Å²) >= 11 is 1.75. The van der Waals surface area contributed by atoms with Crippen LogP contribution in [-0.2, 0) is 0 Å². The van der Waals surface area contributed by atoms with Crippen LogP contribution in [0.5, 0.6) is 0 Å². The van der Waals surface area contributed by atoms with Crippen molar-refractivity contribution in [2.24, 2.45) is 0 Å². The Balaban J connectivity index is 1.70. The number of rotatable bonds is 2. The summed E-state index contributed by atoms with van der Waals surface area (Å²) in [5, 5.41) is 5.26. The van der Waals surface area contributed by atoms with Crippen molar-refractivity contribution in [3.8, 4) is 0 Å². The molecule has 1 atom stereocenters. The lowest BCUT2D eigenvalue weighted by atomic mass is 10.0. The van der Waals surface area contributed by atoms with Gasteiger partial charge in [-0.05, 0) is 30.2 Å². The van der Waals surface area contributed by atoms with Gasteiger partial charge in [0.15, 0.2) is 0 Å². The largest absolute Gasteiger partial charge is 0.331 e. The van der Waals surface area contributed by atoms with E-state index in [2.05, 4.69) is 10.6 Å². The average Bonchev–Trinajstić information content (AvgIpc) is 2.50. The molecule has 2 aromatic rings. The first-order valence-corrected chi connectivity index (χ1v) is 7.86. The third-order valence-corrected chi connectivity index (χ3v) is 4.57. The van der Waals surface area contributed by atoms with E-state index in [-0.39, 0.29) is 11.7 Å². The number of thioether (sulfide) groups is 1. The van der Waals surface area contributed by atoms with E-state index in [1.807, 2.05) is 24.3 Å². The van der Waals surface area contributed by atoms with Gasteiger partial charge in [0.1, 0.15) is 11.6 Å².